The molecule has 1 atom stereocenters. The average Bonchev–Trinajstić information content (AvgIpc) is 3.17. The molecule has 3 rings (SSSR count). The van der Waals surface area contributed by atoms with Crippen LogP contribution in [-0.4, -0.2) is 82.0 Å². The van der Waals surface area contributed by atoms with Crippen molar-refractivity contribution in [1.82, 2.24) is 30.1 Å². The van der Waals surface area contributed by atoms with Crippen molar-refractivity contribution in [3.8, 4) is 5.82 Å². The highest BCUT2D eigenvalue weighted by Gasteiger charge is 2.25. The Morgan fingerprint density at radius 3 is 2.70 bits per heavy atom. The number of hydrogen-bond acceptors (Lipinski definition) is 6. The highest BCUT2D eigenvalue weighted by molar-refractivity contribution is 5.79. The third kappa shape index (κ3) is 6.51. The van der Waals surface area contributed by atoms with Gasteiger partial charge in [0, 0.05) is 51.3 Å². The fraction of sp³-hybridized carbons (Fsp3) is 0.571. The number of guanidine groups is 1. The molecule has 1 aliphatic heterocycles. The number of aliphatic imine (C=N–C) groups is 1. The Morgan fingerprint density at radius 1 is 1.27 bits per heavy atom. The van der Waals surface area contributed by atoms with Crippen molar-refractivity contribution in [2.45, 2.75) is 32.9 Å². The lowest BCUT2D eigenvalue weighted by molar-refractivity contribution is -0.0201. The Kier molecular flexibility index (Phi) is 7.78. The number of rotatable bonds is 8. The van der Waals surface area contributed by atoms with Gasteiger partial charge in [0.1, 0.15) is 11.6 Å². The topological polar surface area (TPSA) is 99.8 Å². The molecule has 2 aromatic rings. The van der Waals surface area contributed by atoms with Gasteiger partial charge in [-0.2, -0.15) is 0 Å². The number of pyridine rings is 1. The number of aromatic nitrogens is 3. The van der Waals surface area contributed by atoms with Gasteiger partial charge in [0.25, 0.3) is 0 Å². The van der Waals surface area contributed by atoms with Crippen LogP contribution >= 0.6 is 0 Å². The Bertz CT molecular complexity index is 811. The van der Waals surface area contributed by atoms with E-state index in [-0.39, 0.29) is 0 Å². The van der Waals surface area contributed by atoms with E-state index in [0.717, 1.165) is 50.1 Å². The summed E-state index contributed by atoms with van der Waals surface area (Å²) in [6, 6.07) is 3.98. The molecule has 3 N–H and O–H groups in total. The van der Waals surface area contributed by atoms with Crippen LogP contribution < -0.4 is 10.6 Å². The van der Waals surface area contributed by atoms with Gasteiger partial charge in [-0.1, -0.05) is 6.07 Å². The minimum atomic E-state index is -0.862. The number of aliphatic hydroxyl groups is 1. The van der Waals surface area contributed by atoms with E-state index in [1.165, 1.54) is 0 Å². The van der Waals surface area contributed by atoms with Crippen LogP contribution in [0.4, 0.5) is 0 Å². The van der Waals surface area contributed by atoms with Crippen molar-refractivity contribution in [3.63, 3.8) is 0 Å². The summed E-state index contributed by atoms with van der Waals surface area (Å²) < 4.78 is 7.31. The summed E-state index contributed by atoms with van der Waals surface area (Å²) in [7, 11) is 0. The minimum Gasteiger partial charge on any atom is -0.387 e. The largest absolute Gasteiger partial charge is 0.387 e. The van der Waals surface area contributed by atoms with E-state index < -0.39 is 5.60 Å². The van der Waals surface area contributed by atoms with Crippen LogP contribution in [0.2, 0.25) is 0 Å². The first-order chi connectivity index (χ1) is 14.5. The lowest BCUT2D eigenvalue weighted by Gasteiger charge is -2.34. The molecule has 0 aliphatic carbocycles. The molecular formula is C21H33N7O2. The molecule has 1 unspecified atom stereocenters. The molecule has 1 saturated heterocycles. The van der Waals surface area contributed by atoms with E-state index >= 15 is 0 Å². The molecule has 1 aliphatic rings. The van der Waals surface area contributed by atoms with Crippen LogP contribution in [0.3, 0.4) is 0 Å². The van der Waals surface area contributed by atoms with Crippen LogP contribution in [-0.2, 0) is 11.3 Å². The van der Waals surface area contributed by atoms with Crippen LogP contribution in [0, 0.1) is 6.92 Å². The standard InChI is InChI=1S/C21H33N7O2/c1-4-22-20(26-15-21(3,29)16-27-9-11-30-12-10-27)25-14-18-5-6-19(24-13-18)28-8-7-23-17(28)2/h5-8,13,29H,4,9-12,14-16H2,1-3H3,(H2,22,25,26). The van der Waals surface area contributed by atoms with Crippen molar-refractivity contribution < 1.29 is 9.84 Å². The number of nitrogens with zero attached hydrogens (tertiary/aromatic N) is 5. The summed E-state index contributed by atoms with van der Waals surface area (Å²) in [6.45, 7) is 11.2. The molecular weight excluding hydrogens is 382 g/mol. The number of nitrogens with one attached hydrogen (secondary N) is 2. The second-order valence-electron chi connectivity index (χ2n) is 7.80. The molecule has 0 bridgehead atoms. The fourth-order valence-corrected chi connectivity index (χ4v) is 3.36. The second kappa shape index (κ2) is 10.5. The summed E-state index contributed by atoms with van der Waals surface area (Å²) in [5.41, 5.74) is 0.146. The maximum Gasteiger partial charge on any atom is 0.191 e. The number of hydrogen-bond donors (Lipinski definition) is 3. The number of ether oxygens (including phenoxy) is 1. The SMILES string of the molecule is CCNC(=NCc1ccc(-n2ccnc2C)nc1)NCC(C)(O)CN1CCOCC1. The average molecular weight is 416 g/mol. The first kappa shape index (κ1) is 22.2. The Hall–Kier alpha value is -2.49. The fourth-order valence-electron chi connectivity index (χ4n) is 3.36. The molecule has 2 aromatic heterocycles. The third-order valence-corrected chi connectivity index (χ3v) is 4.95. The zero-order valence-corrected chi connectivity index (χ0v) is 18.1. The third-order valence-electron chi connectivity index (χ3n) is 4.95. The van der Waals surface area contributed by atoms with Crippen molar-refractivity contribution in [2.75, 3.05) is 45.9 Å². The van der Waals surface area contributed by atoms with Crippen molar-refractivity contribution >= 4 is 5.96 Å². The predicted molar refractivity (Wildman–Crippen MR) is 117 cm³/mol. The highest BCUT2D eigenvalue weighted by Crippen LogP contribution is 2.10. The highest BCUT2D eigenvalue weighted by atomic mass is 16.5. The summed E-state index contributed by atoms with van der Waals surface area (Å²) in [4.78, 5) is 15.6. The van der Waals surface area contributed by atoms with E-state index in [2.05, 4.69) is 30.5 Å². The van der Waals surface area contributed by atoms with Crippen molar-refractivity contribution in [2.24, 2.45) is 4.99 Å². The van der Waals surface area contributed by atoms with Gasteiger partial charge in [-0.3, -0.25) is 9.47 Å². The van der Waals surface area contributed by atoms with Crippen LogP contribution in [0.15, 0.2) is 35.7 Å². The molecule has 9 nitrogen and oxygen atoms in total. The molecule has 9 heteroatoms. The van der Waals surface area contributed by atoms with Gasteiger partial charge < -0.3 is 20.5 Å². The summed E-state index contributed by atoms with van der Waals surface area (Å²) in [6.07, 6.45) is 5.49. The summed E-state index contributed by atoms with van der Waals surface area (Å²) in [5, 5.41) is 17.3. The van der Waals surface area contributed by atoms with Gasteiger partial charge in [0.2, 0.25) is 0 Å². The van der Waals surface area contributed by atoms with E-state index in [0.29, 0.717) is 25.6 Å². The quantitative estimate of drug-likeness (QED) is 0.431. The van der Waals surface area contributed by atoms with Gasteiger partial charge in [0.05, 0.1) is 25.4 Å². The van der Waals surface area contributed by atoms with E-state index in [1.54, 1.807) is 6.20 Å². The summed E-state index contributed by atoms with van der Waals surface area (Å²) in [5.74, 6) is 2.41. The Balaban J connectivity index is 1.55. The van der Waals surface area contributed by atoms with Crippen molar-refractivity contribution in [1.29, 1.82) is 0 Å². The Labute approximate surface area is 178 Å². The van der Waals surface area contributed by atoms with Gasteiger partial charge in [-0.25, -0.2) is 15.0 Å². The van der Waals surface area contributed by atoms with Crippen LogP contribution in [0.1, 0.15) is 25.2 Å². The maximum atomic E-state index is 10.8. The van der Waals surface area contributed by atoms with E-state index in [1.807, 2.05) is 49.9 Å². The lowest BCUT2D eigenvalue weighted by atomic mass is 10.1. The number of aryl methyl sites for hydroxylation is 1. The van der Waals surface area contributed by atoms with Crippen LogP contribution in [0.25, 0.3) is 5.82 Å². The summed E-state index contributed by atoms with van der Waals surface area (Å²) >= 11 is 0. The van der Waals surface area contributed by atoms with E-state index in [4.69, 9.17) is 4.74 Å². The zero-order valence-electron chi connectivity index (χ0n) is 18.1. The zero-order chi connectivity index (χ0) is 21.4. The second-order valence-corrected chi connectivity index (χ2v) is 7.80. The smallest absolute Gasteiger partial charge is 0.191 e. The number of imidazole rings is 1. The molecule has 0 radical (unpaired) electrons. The van der Waals surface area contributed by atoms with Gasteiger partial charge >= 0.3 is 0 Å². The van der Waals surface area contributed by atoms with Crippen molar-refractivity contribution in [3.05, 3.63) is 42.1 Å². The molecule has 1 fully saturated rings. The van der Waals surface area contributed by atoms with E-state index in [9.17, 15) is 5.11 Å². The molecule has 0 saturated carbocycles. The normalized spacial score (nSPS) is 17.5. The first-order valence-corrected chi connectivity index (χ1v) is 10.5. The maximum absolute atomic E-state index is 10.8. The monoisotopic (exact) mass is 415 g/mol. The van der Waals surface area contributed by atoms with Gasteiger partial charge in [-0.05, 0) is 32.4 Å². The minimum absolute atomic E-state index is 0.410. The number of β-amino-alcohol motifs (C(OH)–C–C–N with tert-alkyl or cyclic N) is 1. The first-order valence-electron chi connectivity index (χ1n) is 10.5. The molecule has 164 valence electrons. The lowest BCUT2D eigenvalue weighted by Crippen LogP contribution is -2.52. The number of morpholine rings is 1. The van der Waals surface area contributed by atoms with Gasteiger partial charge in [-0.15, -0.1) is 0 Å². The Morgan fingerprint density at radius 2 is 2.07 bits per heavy atom. The molecule has 0 aromatic carbocycles. The predicted octanol–water partition coefficient (Wildman–Crippen LogP) is 0.714. The molecule has 0 amide bonds. The molecule has 30 heavy (non-hydrogen) atoms. The molecule has 0 spiro atoms. The molecule has 3 heterocycles. The van der Waals surface area contributed by atoms with Crippen LogP contribution in [0.5, 0.6) is 0 Å². The van der Waals surface area contributed by atoms with Gasteiger partial charge in [0.15, 0.2) is 5.96 Å².